The first kappa shape index (κ1) is 23.6. The summed E-state index contributed by atoms with van der Waals surface area (Å²) >= 11 is 0. The number of benzene rings is 1. The Bertz CT molecular complexity index is 515. The predicted molar refractivity (Wildman–Crippen MR) is 108 cm³/mol. The van der Waals surface area contributed by atoms with Crippen LogP contribution in [0.5, 0.6) is 0 Å². The zero-order chi connectivity index (χ0) is 17.2. The van der Waals surface area contributed by atoms with Crippen LogP contribution in [-0.2, 0) is 0 Å². The van der Waals surface area contributed by atoms with Crippen LogP contribution in [0.15, 0.2) is 30.3 Å². The van der Waals surface area contributed by atoms with E-state index in [0.717, 1.165) is 25.9 Å². The Balaban J connectivity index is 0.00000169. The zero-order valence-electron chi connectivity index (χ0n) is 15.3. The Hall–Kier alpha value is -0.400. The van der Waals surface area contributed by atoms with Crippen LogP contribution in [0.1, 0.15) is 37.2 Å². The normalized spacial score (nSPS) is 33.2. The second kappa shape index (κ2) is 10.2. The summed E-state index contributed by atoms with van der Waals surface area (Å²) in [4.78, 5) is 2.19. The van der Waals surface area contributed by atoms with Crippen molar-refractivity contribution in [3.05, 3.63) is 35.9 Å². The van der Waals surface area contributed by atoms with Gasteiger partial charge in [0.05, 0.1) is 12.2 Å². The molecule has 0 amide bonds. The van der Waals surface area contributed by atoms with Crippen molar-refractivity contribution in [3.63, 3.8) is 0 Å². The minimum Gasteiger partial charge on any atom is -0.390 e. The molecule has 0 aromatic heterocycles. The molecule has 1 saturated carbocycles. The quantitative estimate of drug-likeness (QED) is 0.610. The summed E-state index contributed by atoms with van der Waals surface area (Å²) in [6.07, 6.45) is 1.25. The number of halogens is 2. The molecular weight excluding hydrogens is 375 g/mol. The molecule has 2 fully saturated rings. The Morgan fingerprint density at radius 2 is 1.58 bits per heavy atom. The largest absolute Gasteiger partial charge is 0.390 e. The molecule has 1 saturated heterocycles. The van der Waals surface area contributed by atoms with Crippen LogP contribution in [0.2, 0.25) is 0 Å². The topological polar surface area (TPSA) is 76.0 Å². The van der Waals surface area contributed by atoms with Crippen molar-refractivity contribution < 1.29 is 15.3 Å². The third-order valence-electron chi connectivity index (χ3n) is 5.91. The first-order valence-corrected chi connectivity index (χ1v) is 9.06. The lowest BCUT2D eigenvalue weighted by Crippen LogP contribution is -2.64. The lowest BCUT2D eigenvalue weighted by Gasteiger charge is -2.47. The molecule has 1 heterocycles. The van der Waals surface area contributed by atoms with E-state index >= 15 is 0 Å². The number of hydrogen-bond donors (Lipinski definition) is 4. The first-order chi connectivity index (χ1) is 11.5. The Morgan fingerprint density at radius 3 is 2.08 bits per heavy atom. The molecule has 26 heavy (non-hydrogen) atoms. The van der Waals surface area contributed by atoms with Gasteiger partial charge in [0.15, 0.2) is 0 Å². The van der Waals surface area contributed by atoms with Crippen LogP contribution >= 0.6 is 24.8 Å². The summed E-state index contributed by atoms with van der Waals surface area (Å²) in [5, 5.41) is 34.7. The molecular formula is C19H32Cl2N2O3. The van der Waals surface area contributed by atoms with Crippen molar-refractivity contribution in [1.82, 2.24) is 10.2 Å². The van der Waals surface area contributed by atoms with E-state index in [9.17, 15) is 15.3 Å². The number of rotatable bonds is 4. The highest BCUT2D eigenvalue weighted by Gasteiger charge is 2.49. The van der Waals surface area contributed by atoms with Crippen LogP contribution in [0.25, 0.3) is 0 Å². The molecule has 150 valence electrons. The van der Waals surface area contributed by atoms with Crippen LogP contribution in [0, 0.1) is 0 Å². The summed E-state index contributed by atoms with van der Waals surface area (Å²) in [7, 11) is 1.82. The van der Waals surface area contributed by atoms with E-state index in [4.69, 9.17) is 0 Å². The van der Waals surface area contributed by atoms with Crippen molar-refractivity contribution in [3.8, 4) is 0 Å². The van der Waals surface area contributed by atoms with Crippen molar-refractivity contribution in [2.24, 2.45) is 0 Å². The van der Waals surface area contributed by atoms with Crippen LogP contribution < -0.4 is 5.32 Å². The van der Waals surface area contributed by atoms with Gasteiger partial charge in [-0.3, -0.25) is 0 Å². The number of β-amino-alcohol motifs (C(OH)–C–C–N with tert-alkyl or cyclic N) is 1. The average molecular weight is 407 g/mol. The number of likely N-dealkylation sites (tertiary alicyclic amines) is 1. The predicted octanol–water partition coefficient (Wildman–Crippen LogP) is 1.54. The second-order valence-corrected chi connectivity index (χ2v) is 7.44. The van der Waals surface area contributed by atoms with Gasteiger partial charge in [-0.2, -0.15) is 0 Å². The minimum atomic E-state index is -1.42. The van der Waals surface area contributed by atoms with Crippen LogP contribution in [0.4, 0.5) is 0 Å². The Morgan fingerprint density at radius 1 is 1.04 bits per heavy atom. The van der Waals surface area contributed by atoms with Crippen molar-refractivity contribution in [2.45, 2.75) is 55.5 Å². The molecule has 1 aromatic carbocycles. The molecule has 4 N–H and O–H groups in total. The standard InChI is InChI=1S/C19H30N2O3.2ClH/c1-20-16-11-17(22)19(24,18(23)12-16)13-21-9-7-15(8-10-21)14-5-3-2-4-6-14;;/h2-6,15-18,20,22-24H,7-13H2,1H3;2*1H/t16?,17-,18+,19?;;. The van der Waals surface area contributed by atoms with E-state index in [0.29, 0.717) is 25.3 Å². The lowest BCUT2D eigenvalue weighted by atomic mass is 9.76. The third-order valence-corrected chi connectivity index (χ3v) is 5.91. The highest BCUT2D eigenvalue weighted by atomic mass is 35.5. The van der Waals surface area contributed by atoms with E-state index in [-0.39, 0.29) is 30.9 Å². The fourth-order valence-corrected chi connectivity index (χ4v) is 4.22. The van der Waals surface area contributed by atoms with E-state index in [1.807, 2.05) is 13.1 Å². The molecule has 1 aliphatic heterocycles. The van der Waals surface area contributed by atoms with Crippen molar-refractivity contribution in [2.75, 3.05) is 26.7 Å². The molecule has 5 nitrogen and oxygen atoms in total. The fourth-order valence-electron chi connectivity index (χ4n) is 4.22. The number of nitrogens with one attached hydrogen (secondary N) is 1. The molecule has 0 bridgehead atoms. The van der Waals surface area contributed by atoms with Gasteiger partial charge in [-0.25, -0.2) is 0 Å². The van der Waals surface area contributed by atoms with Gasteiger partial charge in [0.25, 0.3) is 0 Å². The Kier molecular flexibility index (Phi) is 9.30. The van der Waals surface area contributed by atoms with Gasteiger partial charge >= 0.3 is 0 Å². The average Bonchev–Trinajstić information content (AvgIpc) is 2.61. The number of aliphatic hydroxyl groups is 3. The monoisotopic (exact) mass is 406 g/mol. The highest BCUT2D eigenvalue weighted by molar-refractivity contribution is 5.85. The van der Waals surface area contributed by atoms with Crippen molar-refractivity contribution in [1.29, 1.82) is 0 Å². The van der Waals surface area contributed by atoms with Crippen LogP contribution in [0.3, 0.4) is 0 Å². The van der Waals surface area contributed by atoms with Gasteiger partial charge in [0, 0.05) is 12.6 Å². The second-order valence-electron chi connectivity index (χ2n) is 7.44. The summed E-state index contributed by atoms with van der Waals surface area (Å²) in [6.45, 7) is 2.11. The minimum absolute atomic E-state index is 0. The SMILES string of the molecule is CNC1C[C@@H](O)C(O)(CN2CCC(c3ccccc3)CC2)[C@@H](O)C1.Cl.Cl. The number of nitrogens with zero attached hydrogens (tertiary/aromatic N) is 1. The first-order valence-electron chi connectivity index (χ1n) is 9.06. The molecule has 1 aliphatic carbocycles. The smallest absolute Gasteiger partial charge is 0.129 e. The maximum atomic E-state index is 10.9. The molecule has 4 atom stereocenters. The van der Waals surface area contributed by atoms with Gasteiger partial charge < -0.3 is 25.5 Å². The molecule has 1 aromatic rings. The summed E-state index contributed by atoms with van der Waals surface area (Å²) in [5.74, 6) is 0.562. The highest BCUT2D eigenvalue weighted by Crippen LogP contribution is 2.33. The van der Waals surface area contributed by atoms with Gasteiger partial charge in [0.2, 0.25) is 0 Å². The molecule has 2 aliphatic rings. The summed E-state index contributed by atoms with van der Waals surface area (Å²) in [5.41, 5.74) is -0.0436. The summed E-state index contributed by atoms with van der Waals surface area (Å²) in [6, 6.07) is 10.6. The van der Waals surface area contributed by atoms with E-state index < -0.39 is 17.8 Å². The fraction of sp³-hybridized carbons (Fsp3) is 0.684. The molecule has 2 unspecified atom stereocenters. The molecule has 0 spiro atoms. The molecule has 7 heteroatoms. The zero-order valence-corrected chi connectivity index (χ0v) is 16.9. The van der Waals surface area contributed by atoms with Gasteiger partial charge in [0.1, 0.15) is 5.60 Å². The third kappa shape index (κ3) is 5.10. The van der Waals surface area contributed by atoms with Gasteiger partial charge in [-0.15, -0.1) is 24.8 Å². The summed E-state index contributed by atoms with van der Waals surface area (Å²) < 4.78 is 0. The van der Waals surface area contributed by atoms with E-state index in [1.54, 1.807) is 0 Å². The van der Waals surface area contributed by atoms with Gasteiger partial charge in [-0.05, 0) is 57.3 Å². The number of aliphatic hydroxyl groups excluding tert-OH is 2. The molecule has 3 rings (SSSR count). The maximum Gasteiger partial charge on any atom is 0.129 e. The molecule has 0 radical (unpaired) electrons. The van der Waals surface area contributed by atoms with E-state index in [2.05, 4.69) is 34.5 Å². The number of hydrogen-bond acceptors (Lipinski definition) is 5. The number of piperidine rings is 1. The lowest BCUT2D eigenvalue weighted by molar-refractivity contribution is -0.182. The maximum absolute atomic E-state index is 10.9. The van der Waals surface area contributed by atoms with Crippen LogP contribution in [-0.4, -0.2) is 70.8 Å². The van der Waals surface area contributed by atoms with E-state index in [1.165, 1.54) is 5.56 Å². The van der Waals surface area contributed by atoms with Crippen molar-refractivity contribution >= 4 is 24.8 Å². The van der Waals surface area contributed by atoms with Gasteiger partial charge in [-0.1, -0.05) is 30.3 Å². The Labute approximate surface area is 168 Å².